The van der Waals surface area contributed by atoms with E-state index < -0.39 is 34.5 Å². The third kappa shape index (κ3) is 4.85. The van der Waals surface area contributed by atoms with E-state index in [1.54, 1.807) is 30.3 Å². The lowest BCUT2D eigenvalue weighted by atomic mass is 10.0. The first-order valence-corrected chi connectivity index (χ1v) is 10.9. The maximum atomic E-state index is 12.3. The van der Waals surface area contributed by atoms with Crippen molar-refractivity contribution >= 4 is 33.4 Å². The Hall–Kier alpha value is -3.20. The van der Waals surface area contributed by atoms with Crippen molar-refractivity contribution < 1.29 is 22.7 Å². The summed E-state index contributed by atoms with van der Waals surface area (Å²) in [7, 11) is -3.68. The summed E-state index contributed by atoms with van der Waals surface area (Å²) >= 11 is 0. The average Bonchev–Trinajstić information content (AvgIpc) is 2.97. The largest absolute Gasteiger partial charge is 0.451 e. The second-order valence-electron chi connectivity index (χ2n) is 7.16. The van der Waals surface area contributed by atoms with Crippen LogP contribution in [-0.4, -0.2) is 38.8 Å². The van der Waals surface area contributed by atoms with E-state index in [0.717, 1.165) is 5.56 Å². The number of rotatable bonds is 6. The van der Waals surface area contributed by atoms with Crippen LogP contribution in [0.4, 0.5) is 5.69 Å². The molecule has 9 heteroatoms. The molecule has 0 radical (unpaired) electrons. The molecule has 2 aromatic rings. The van der Waals surface area contributed by atoms with Gasteiger partial charge in [0.2, 0.25) is 0 Å². The highest BCUT2D eigenvalue weighted by molar-refractivity contribution is 7.90. The van der Waals surface area contributed by atoms with Gasteiger partial charge in [0.05, 0.1) is 4.90 Å². The highest BCUT2D eigenvalue weighted by Crippen LogP contribution is 2.22. The van der Waals surface area contributed by atoms with Crippen LogP contribution in [0.3, 0.4) is 0 Å². The molecule has 0 spiro atoms. The van der Waals surface area contributed by atoms with Gasteiger partial charge >= 0.3 is 5.97 Å². The van der Waals surface area contributed by atoms with Gasteiger partial charge in [0.25, 0.3) is 15.9 Å². The zero-order chi connectivity index (χ0) is 21.9. The molecule has 0 aliphatic carbocycles. The van der Waals surface area contributed by atoms with Gasteiger partial charge in [0, 0.05) is 11.3 Å². The third-order valence-electron chi connectivity index (χ3n) is 4.55. The molecular weight excluding hydrogens is 406 g/mol. The Balaban J connectivity index is 1.57. The summed E-state index contributed by atoms with van der Waals surface area (Å²) in [6.07, 6.45) is -1.03. The number of sulfonamides is 1. The molecule has 3 rings (SSSR count). The number of amidine groups is 1. The number of nitrogens with one attached hydrogen (secondary N) is 2. The Bertz CT molecular complexity index is 1090. The number of ether oxygens (including phenoxy) is 1. The Labute approximate surface area is 175 Å². The average molecular weight is 429 g/mol. The summed E-state index contributed by atoms with van der Waals surface area (Å²) < 4.78 is 31.5. The van der Waals surface area contributed by atoms with Crippen molar-refractivity contribution in [3.63, 3.8) is 0 Å². The van der Waals surface area contributed by atoms with Crippen molar-refractivity contribution in [2.24, 2.45) is 4.99 Å². The first-order chi connectivity index (χ1) is 14.2. The van der Waals surface area contributed by atoms with Gasteiger partial charge < -0.3 is 10.1 Å². The second-order valence-corrected chi connectivity index (χ2v) is 8.82. The van der Waals surface area contributed by atoms with Gasteiger partial charge in [-0.3, -0.25) is 19.3 Å². The molecule has 158 valence electrons. The Kier molecular flexibility index (Phi) is 6.21. The SMILES string of the molecule is CC(OC(=O)CN=C1NS(=O)(=O)c2ccccc21)C(=O)Nc1ccc(C(C)C)cc1. The lowest BCUT2D eigenvalue weighted by Crippen LogP contribution is -2.31. The van der Waals surface area contributed by atoms with Crippen molar-refractivity contribution in [1.29, 1.82) is 0 Å². The Morgan fingerprint density at radius 3 is 2.40 bits per heavy atom. The van der Waals surface area contributed by atoms with Gasteiger partial charge in [-0.2, -0.15) is 0 Å². The van der Waals surface area contributed by atoms with Crippen molar-refractivity contribution in [3.8, 4) is 0 Å². The van der Waals surface area contributed by atoms with Crippen LogP contribution in [0.5, 0.6) is 0 Å². The van der Waals surface area contributed by atoms with Gasteiger partial charge in [0.15, 0.2) is 6.10 Å². The molecule has 0 aromatic heterocycles. The van der Waals surface area contributed by atoms with E-state index in [4.69, 9.17) is 4.74 Å². The number of fused-ring (bicyclic) bond motifs is 1. The number of hydrogen-bond acceptors (Lipinski definition) is 6. The van der Waals surface area contributed by atoms with Gasteiger partial charge in [-0.1, -0.05) is 38.1 Å². The maximum absolute atomic E-state index is 12.3. The molecular formula is C21H23N3O5S. The predicted molar refractivity (Wildman–Crippen MR) is 113 cm³/mol. The van der Waals surface area contributed by atoms with E-state index in [1.807, 2.05) is 12.1 Å². The molecule has 1 amide bonds. The molecule has 1 atom stereocenters. The van der Waals surface area contributed by atoms with E-state index >= 15 is 0 Å². The fourth-order valence-electron chi connectivity index (χ4n) is 2.88. The quantitative estimate of drug-likeness (QED) is 0.685. The third-order valence-corrected chi connectivity index (χ3v) is 5.95. The number of carbonyl (C=O) groups excluding carboxylic acids is 2. The van der Waals surface area contributed by atoms with Crippen LogP contribution >= 0.6 is 0 Å². The van der Waals surface area contributed by atoms with Crippen LogP contribution < -0.4 is 10.0 Å². The number of aliphatic imine (C=N–C) groups is 1. The van der Waals surface area contributed by atoms with Crippen LogP contribution in [0, 0.1) is 0 Å². The van der Waals surface area contributed by atoms with Crippen molar-refractivity contribution in [2.75, 3.05) is 11.9 Å². The standard InChI is InChI=1S/C21H23N3O5S/c1-13(2)15-8-10-16(11-9-15)23-21(26)14(3)29-19(25)12-22-20-17-6-4-5-7-18(17)30(27,28)24-20/h4-11,13-14H,12H2,1-3H3,(H,22,24)(H,23,26). The molecule has 8 nitrogen and oxygen atoms in total. The van der Waals surface area contributed by atoms with E-state index in [-0.39, 0.29) is 10.7 Å². The predicted octanol–water partition coefficient (Wildman–Crippen LogP) is 2.42. The zero-order valence-corrected chi connectivity index (χ0v) is 17.7. The van der Waals surface area contributed by atoms with Crippen molar-refractivity contribution in [2.45, 2.75) is 37.7 Å². The number of benzene rings is 2. The summed E-state index contributed by atoms with van der Waals surface area (Å²) in [4.78, 5) is 28.4. The van der Waals surface area contributed by atoms with Crippen molar-refractivity contribution in [1.82, 2.24) is 4.72 Å². The first-order valence-electron chi connectivity index (χ1n) is 9.44. The van der Waals surface area contributed by atoms with Crippen LogP contribution in [0.15, 0.2) is 58.4 Å². The minimum absolute atomic E-state index is 0.0740. The lowest BCUT2D eigenvalue weighted by Gasteiger charge is -2.13. The molecule has 1 unspecified atom stereocenters. The lowest BCUT2D eigenvalue weighted by molar-refractivity contribution is -0.151. The molecule has 2 N–H and O–H groups in total. The highest BCUT2D eigenvalue weighted by atomic mass is 32.2. The molecule has 1 aliphatic rings. The summed E-state index contributed by atoms with van der Waals surface area (Å²) in [5.41, 5.74) is 2.14. The molecule has 0 saturated heterocycles. The number of amides is 1. The van der Waals surface area contributed by atoms with Crippen LogP contribution in [0.1, 0.15) is 37.8 Å². The highest BCUT2D eigenvalue weighted by Gasteiger charge is 2.30. The Morgan fingerprint density at radius 1 is 1.07 bits per heavy atom. The maximum Gasteiger partial charge on any atom is 0.328 e. The fourth-order valence-corrected chi connectivity index (χ4v) is 4.13. The summed E-state index contributed by atoms with van der Waals surface area (Å²) in [5, 5.41) is 2.69. The van der Waals surface area contributed by atoms with Gasteiger partial charge in [-0.05, 0) is 42.7 Å². The number of hydrogen-bond donors (Lipinski definition) is 2. The minimum atomic E-state index is -3.68. The minimum Gasteiger partial charge on any atom is -0.451 e. The zero-order valence-electron chi connectivity index (χ0n) is 16.9. The molecule has 2 aromatic carbocycles. The fraction of sp³-hybridized carbons (Fsp3) is 0.286. The molecule has 30 heavy (non-hydrogen) atoms. The summed E-state index contributed by atoms with van der Waals surface area (Å²) in [5.74, 6) is -0.762. The Morgan fingerprint density at radius 2 is 1.73 bits per heavy atom. The smallest absolute Gasteiger partial charge is 0.328 e. The van der Waals surface area contributed by atoms with Gasteiger partial charge in [-0.25, -0.2) is 8.42 Å². The first kappa shape index (κ1) is 21.5. The summed E-state index contributed by atoms with van der Waals surface area (Å²) in [6, 6.07) is 13.8. The van der Waals surface area contributed by atoms with E-state index in [1.165, 1.54) is 13.0 Å². The number of nitrogens with zero attached hydrogens (tertiary/aromatic N) is 1. The van der Waals surface area contributed by atoms with E-state index in [9.17, 15) is 18.0 Å². The van der Waals surface area contributed by atoms with Crippen LogP contribution in [-0.2, 0) is 24.3 Å². The molecule has 0 saturated carbocycles. The van der Waals surface area contributed by atoms with Gasteiger partial charge in [-0.15, -0.1) is 0 Å². The second kappa shape index (κ2) is 8.66. The molecule has 1 aliphatic heterocycles. The topological polar surface area (TPSA) is 114 Å². The van der Waals surface area contributed by atoms with E-state index in [2.05, 4.69) is 28.9 Å². The number of carbonyl (C=O) groups is 2. The van der Waals surface area contributed by atoms with Crippen molar-refractivity contribution in [3.05, 3.63) is 59.7 Å². The normalized spacial score (nSPS) is 16.6. The van der Waals surface area contributed by atoms with Crippen LogP contribution in [0.2, 0.25) is 0 Å². The van der Waals surface area contributed by atoms with E-state index in [0.29, 0.717) is 17.2 Å². The monoisotopic (exact) mass is 429 g/mol. The van der Waals surface area contributed by atoms with Gasteiger partial charge in [0.1, 0.15) is 12.4 Å². The molecule has 0 fully saturated rings. The summed E-state index contributed by atoms with van der Waals surface area (Å²) in [6.45, 7) is 5.18. The van der Waals surface area contributed by atoms with Crippen LogP contribution in [0.25, 0.3) is 0 Å². The molecule has 0 bridgehead atoms. The number of anilines is 1. The number of esters is 1. The molecule has 1 heterocycles.